The van der Waals surface area contributed by atoms with Gasteiger partial charge in [0.2, 0.25) is 0 Å². The quantitative estimate of drug-likeness (QED) is 0.745. The Balaban J connectivity index is 1.84. The molecule has 4 nitrogen and oxygen atoms in total. The van der Waals surface area contributed by atoms with Crippen molar-refractivity contribution in [1.82, 2.24) is 14.5 Å². The van der Waals surface area contributed by atoms with Crippen LogP contribution in [0.15, 0.2) is 42.6 Å². The molecule has 0 spiro atoms. The zero-order valence-electron chi connectivity index (χ0n) is 10.5. The predicted octanol–water partition coefficient (Wildman–Crippen LogP) is 3.23. The van der Waals surface area contributed by atoms with Crippen molar-refractivity contribution in [1.29, 1.82) is 0 Å². The molecule has 19 heavy (non-hydrogen) atoms. The highest BCUT2D eigenvalue weighted by Crippen LogP contribution is 2.16. The Bertz CT molecular complexity index is 720. The van der Waals surface area contributed by atoms with Crippen LogP contribution in [-0.2, 0) is 13.6 Å². The van der Waals surface area contributed by atoms with E-state index in [4.69, 9.17) is 11.6 Å². The van der Waals surface area contributed by atoms with Crippen molar-refractivity contribution in [3.05, 3.63) is 53.6 Å². The second-order valence-corrected chi connectivity index (χ2v) is 4.68. The number of nitrogens with one attached hydrogen (secondary N) is 1. The van der Waals surface area contributed by atoms with Crippen LogP contribution < -0.4 is 5.32 Å². The topological polar surface area (TPSA) is 42.7 Å². The molecule has 0 aliphatic carbocycles. The first kappa shape index (κ1) is 12.0. The van der Waals surface area contributed by atoms with Crippen LogP contribution in [0.3, 0.4) is 0 Å². The van der Waals surface area contributed by atoms with Gasteiger partial charge in [-0.05, 0) is 24.3 Å². The van der Waals surface area contributed by atoms with E-state index in [9.17, 15) is 0 Å². The van der Waals surface area contributed by atoms with Crippen molar-refractivity contribution < 1.29 is 0 Å². The summed E-state index contributed by atoms with van der Waals surface area (Å²) in [6.07, 6.45) is 1.68. The van der Waals surface area contributed by atoms with Crippen LogP contribution in [0.2, 0.25) is 5.15 Å². The number of aryl methyl sites for hydroxylation is 1. The number of aromatic nitrogens is 3. The van der Waals surface area contributed by atoms with Crippen LogP contribution >= 0.6 is 11.6 Å². The predicted molar refractivity (Wildman–Crippen MR) is 77.3 cm³/mol. The van der Waals surface area contributed by atoms with Gasteiger partial charge in [0.25, 0.3) is 0 Å². The molecule has 0 saturated carbocycles. The SMILES string of the molecule is Cn1c(CNc2ccnc(Cl)c2)nc2ccccc21. The lowest BCUT2D eigenvalue weighted by Crippen LogP contribution is -2.05. The molecule has 1 aromatic carbocycles. The van der Waals surface area contributed by atoms with E-state index in [0.717, 1.165) is 22.5 Å². The molecule has 3 aromatic rings. The van der Waals surface area contributed by atoms with Gasteiger partial charge in [-0.1, -0.05) is 23.7 Å². The highest BCUT2D eigenvalue weighted by molar-refractivity contribution is 6.29. The van der Waals surface area contributed by atoms with Crippen LogP contribution in [0.25, 0.3) is 11.0 Å². The fourth-order valence-corrected chi connectivity index (χ4v) is 2.22. The Morgan fingerprint density at radius 3 is 2.89 bits per heavy atom. The minimum Gasteiger partial charge on any atom is -0.378 e. The number of nitrogens with zero attached hydrogens (tertiary/aromatic N) is 3. The van der Waals surface area contributed by atoms with E-state index in [1.807, 2.05) is 31.3 Å². The van der Waals surface area contributed by atoms with Crippen LogP contribution in [-0.4, -0.2) is 14.5 Å². The Kier molecular flexibility index (Phi) is 3.09. The van der Waals surface area contributed by atoms with Crippen LogP contribution in [0.1, 0.15) is 5.82 Å². The molecule has 0 fully saturated rings. The number of hydrogen-bond acceptors (Lipinski definition) is 3. The summed E-state index contributed by atoms with van der Waals surface area (Å²) in [6, 6.07) is 11.8. The monoisotopic (exact) mass is 272 g/mol. The number of pyridine rings is 1. The van der Waals surface area contributed by atoms with Crippen molar-refractivity contribution in [3.63, 3.8) is 0 Å². The average molecular weight is 273 g/mol. The second kappa shape index (κ2) is 4.90. The number of halogens is 1. The lowest BCUT2D eigenvalue weighted by atomic mass is 10.3. The largest absolute Gasteiger partial charge is 0.378 e. The third-order valence-corrected chi connectivity index (χ3v) is 3.26. The normalized spacial score (nSPS) is 10.8. The third-order valence-electron chi connectivity index (χ3n) is 3.06. The molecule has 96 valence electrons. The van der Waals surface area contributed by atoms with Crippen molar-refractivity contribution >= 4 is 28.3 Å². The van der Waals surface area contributed by atoms with E-state index in [0.29, 0.717) is 11.7 Å². The van der Waals surface area contributed by atoms with Gasteiger partial charge in [-0.25, -0.2) is 9.97 Å². The molecular formula is C14H13ClN4. The molecular weight excluding hydrogens is 260 g/mol. The molecule has 0 radical (unpaired) electrons. The van der Waals surface area contributed by atoms with E-state index in [2.05, 4.69) is 25.9 Å². The van der Waals surface area contributed by atoms with E-state index >= 15 is 0 Å². The summed E-state index contributed by atoms with van der Waals surface area (Å²) in [6.45, 7) is 0.644. The first-order valence-corrected chi connectivity index (χ1v) is 6.37. The fourth-order valence-electron chi connectivity index (χ4n) is 2.05. The van der Waals surface area contributed by atoms with E-state index in [1.54, 1.807) is 12.3 Å². The van der Waals surface area contributed by atoms with Gasteiger partial charge in [0, 0.05) is 18.9 Å². The molecule has 2 heterocycles. The summed E-state index contributed by atoms with van der Waals surface area (Å²) < 4.78 is 2.09. The van der Waals surface area contributed by atoms with Crippen molar-refractivity contribution in [2.75, 3.05) is 5.32 Å². The zero-order chi connectivity index (χ0) is 13.2. The smallest absolute Gasteiger partial charge is 0.131 e. The molecule has 0 aliphatic heterocycles. The van der Waals surface area contributed by atoms with Gasteiger partial charge in [0.1, 0.15) is 11.0 Å². The van der Waals surface area contributed by atoms with Crippen LogP contribution in [0, 0.1) is 0 Å². The number of para-hydroxylation sites is 2. The highest BCUT2D eigenvalue weighted by atomic mass is 35.5. The van der Waals surface area contributed by atoms with Crippen LogP contribution in [0.4, 0.5) is 5.69 Å². The number of hydrogen-bond donors (Lipinski definition) is 1. The Morgan fingerprint density at radius 1 is 1.26 bits per heavy atom. The molecule has 0 aliphatic rings. The van der Waals surface area contributed by atoms with Gasteiger partial charge in [0.15, 0.2) is 0 Å². The lowest BCUT2D eigenvalue weighted by Gasteiger charge is -2.06. The number of benzene rings is 1. The van der Waals surface area contributed by atoms with Gasteiger partial charge in [-0.2, -0.15) is 0 Å². The summed E-state index contributed by atoms with van der Waals surface area (Å²) in [5.41, 5.74) is 3.08. The number of fused-ring (bicyclic) bond motifs is 1. The second-order valence-electron chi connectivity index (χ2n) is 4.30. The number of imidazole rings is 1. The number of anilines is 1. The lowest BCUT2D eigenvalue weighted by molar-refractivity contribution is 0.834. The van der Waals surface area contributed by atoms with Gasteiger partial charge in [-0.15, -0.1) is 0 Å². The zero-order valence-corrected chi connectivity index (χ0v) is 11.2. The maximum absolute atomic E-state index is 5.85. The van der Waals surface area contributed by atoms with Gasteiger partial charge >= 0.3 is 0 Å². The summed E-state index contributed by atoms with van der Waals surface area (Å²) in [5.74, 6) is 0.981. The molecule has 0 saturated heterocycles. The molecule has 5 heteroatoms. The molecule has 3 rings (SSSR count). The standard InChI is InChI=1S/C14H13ClN4/c1-19-12-5-3-2-4-11(12)18-14(19)9-17-10-6-7-16-13(15)8-10/h2-8H,9H2,1H3,(H,16,17). The van der Waals surface area contributed by atoms with E-state index in [1.165, 1.54) is 0 Å². The van der Waals surface area contributed by atoms with Crippen molar-refractivity contribution in [2.24, 2.45) is 7.05 Å². The average Bonchev–Trinajstić information content (AvgIpc) is 2.74. The first-order valence-electron chi connectivity index (χ1n) is 6.00. The Labute approximate surface area is 116 Å². The summed E-state index contributed by atoms with van der Waals surface area (Å²) >= 11 is 5.85. The van der Waals surface area contributed by atoms with Gasteiger partial charge < -0.3 is 9.88 Å². The van der Waals surface area contributed by atoms with Gasteiger partial charge in [0.05, 0.1) is 17.6 Å². The summed E-state index contributed by atoms with van der Waals surface area (Å²) in [7, 11) is 2.02. The first-order chi connectivity index (χ1) is 9.24. The molecule has 2 aromatic heterocycles. The van der Waals surface area contributed by atoms with E-state index in [-0.39, 0.29) is 0 Å². The van der Waals surface area contributed by atoms with E-state index < -0.39 is 0 Å². The van der Waals surface area contributed by atoms with Crippen molar-refractivity contribution in [3.8, 4) is 0 Å². The Hall–Kier alpha value is -2.07. The summed E-state index contributed by atoms with van der Waals surface area (Å²) in [4.78, 5) is 8.55. The van der Waals surface area contributed by atoms with Gasteiger partial charge in [-0.3, -0.25) is 0 Å². The minimum absolute atomic E-state index is 0.481. The minimum atomic E-state index is 0.481. The van der Waals surface area contributed by atoms with Crippen LogP contribution in [0.5, 0.6) is 0 Å². The van der Waals surface area contributed by atoms with Crippen molar-refractivity contribution in [2.45, 2.75) is 6.54 Å². The molecule has 0 atom stereocenters. The molecule has 0 amide bonds. The summed E-state index contributed by atoms with van der Waals surface area (Å²) in [5, 5.41) is 3.78. The molecule has 1 N–H and O–H groups in total. The third kappa shape index (κ3) is 2.39. The Morgan fingerprint density at radius 2 is 2.11 bits per heavy atom. The highest BCUT2D eigenvalue weighted by Gasteiger charge is 2.06. The molecule has 0 unspecified atom stereocenters. The molecule has 0 bridgehead atoms. The fraction of sp³-hybridized carbons (Fsp3) is 0.143. The number of rotatable bonds is 3. The maximum Gasteiger partial charge on any atom is 0.131 e. The maximum atomic E-state index is 5.85.